The molecule has 0 aromatic heterocycles. The fourth-order valence-corrected chi connectivity index (χ4v) is 0.961. The molecule has 2 amide bonds. The predicted octanol–water partition coefficient (Wildman–Crippen LogP) is -0.974. The van der Waals surface area contributed by atoms with Gasteiger partial charge in [0.2, 0.25) is 11.8 Å². The molecule has 0 aliphatic carbocycles. The van der Waals surface area contributed by atoms with E-state index in [9.17, 15) is 9.59 Å². The summed E-state index contributed by atoms with van der Waals surface area (Å²) in [5, 5.41) is 5.28. The quantitative estimate of drug-likeness (QED) is 0.553. The molecule has 1 rings (SSSR count). The third-order valence-electron chi connectivity index (χ3n) is 1.72. The molecule has 0 atom stereocenters. The average Bonchev–Trinajstić information content (AvgIpc) is 2.47. The lowest BCUT2D eigenvalue weighted by Crippen LogP contribution is -2.37. The second-order valence-electron chi connectivity index (χ2n) is 3.03. The van der Waals surface area contributed by atoms with E-state index in [1.54, 1.807) is 11.8 Å². The molecule has 13 heavy (non-hydrogen) atoms. The van der Waals surface area contributed by atoms with Gasteiger partial charge in [0.15, 0.2) is 0 Å². The number of carbonyl (C=O) groups excluding carboxylic acids is 2. The Morgan fingerprint density at radius 3 is 2.92 bits per heavy atom. The van der Waals surface area contributed by atoms with Crippen molar-refractivity contribution in [3.8, 4) is 0 Å². The molecule has 5 nitrogen and oxygen atoms in total. The van der Waals surface area contributed by atoms with Crippen molar-refractivity contribution >= 4 is 11.8 Å². The smallest absolute Gasteiger partial charge is 0.247 e. The maximum Gasteiger partial charge on any atom is 0.247 e. The van der Waals surface area contributed by atoms with Gasteiger partial charge in [-0.05, 0) is 6.92 Å². The first-order valence-electron chi connectivity index (χ1n) is 4.02. The zero-order valence-corrected chi connectivity index (χ0v) is 7.59. The van der Waals surface area contributed by atoms with Crippen LogP contribution in [-0.2, 0) is 9.59 Å². The van der Waals surface area contributed by atoms with Crippen LogP contribution < -0.4 is 10.6 Å². The highest BCUT2D eigenvalue weighted by atomic mass is 16.2. The highest BCUT2D eigenvalue weighted by molar-refractivity contribution is 5.92. The number of nitrogens with one attached hydrogen (secondary N) is 2. The predicted molar refractivity (Wildman–Crippen MR) is 47.5 cm³/mol. The van der Waals surface area contributed by atoms with Crippen molar-refractivity contribution in [1.82, 2.24) is 15.5 Å². The third kappa shape index (κ3) is 2.87. The van der Waals surface area contributed by atoms with Crippen LogP contribution in [0.2, 0.25) is 0 Å². The molecule has 0 unspecified atom stereocenters. The van der Waals surface area contributed by atoms with Gasteiger partial charge in [0.05, 0.1) is 19.9 Å². The normalized spacial score (nSPS) is 16.8. The second-order valence-corrected chi connectivity index (χ2v) is 3.03. The minimum atomic E-state index is -0.181. The van der Waals surface area contributed by atoms with Crippen molar-refractivity contribution < 1.29 is 9.59 Å². The standard InChI is InChI=1S/C8H13N3O2/c1-6(2)8(13)10-5-11-3-7(12)9-4-11/h1,3-5H2,2H3,(H,9,12)(H,10,13). The minimum Gasteiger partial charge on any atom is -0.342 e. The van der Waals surface area contributed by atoms with Crippen molar-refractivity contribution in [3.63, 3.8) is 0 Å². The largest absolute Gasteiger partial charge is 0.342 e. The SMILES string of the molecule is C=C(C)C(=O)NCN1CNC(=O)C1. The number of hydrogen-bond donors (Lipinski definition) is 2. The van der Waals surface area contributed by atoms with E-state index in [4.69, 9.17) is 0 Å². The summed E-state index contributed by atoms with van der Waals surface area (Å²) < 4.78 is 0. The molecule has 0 spiro atoms. The molecule has 2 N–H and O–H groups in total. The van der Waals surface area contributed by atoms with Crippen molar-refractivity contribution in [2.45, 2.75) is 6.92 Å². The summed E-state index contributed by atoms with van der Waals surface area (Å²) in [7, 11) is 0. The van der Waals surface area contributed by atoms with Crippen LogP contribution in [0.5, 0.6) is 0 Å². The molecule has 1 heterocycles. The Balaban J connectivity index is 2.23. The van der Waals surface area contributed by atoms with Crippen LogP contribution in [-0.4, -0.2) is 36.6 Å². The van der Waals surface area contributed by atoms with Gasteiger partial charge >= 0.3 is 0 Å². The van der Waals surface area contributed by atoms with Gasteiger partial charge in [0.1, 0.15) is 0 Å². The van der Waals surface area contributed by atoms with Crippen LogP contribution in [0.15, 0.2) is 12.2 Å². The van der Waals surface area contributed by atoms with Crippen LogP contribution in [0, 0.1) is 0 Å². The summed E-state index contributed by atoms with van der Waals surface area (Å²) in [4.78, 5) is 23.6. The first-order valence-corrected chi connectivity index (χ1v) is 4.02. The zero-order valence-electron chi connectivity index (χ0n) is 7.59. The molecule has 0 radical (unpaired) electrons. The lowest BCUT2D eigenvalue weighted by Gasteiger charge is -2.13. The van der Waals surface area contributed by atoms with Gasteiger partial charge in [-0.2, -0.15) is 0 Å². The van der Waals surface area contributed by atoms with E-state index >= 15 is 0 Å². The van der Waals surface area contributed by atoms with Crippen LogP contribution in [0.4, 0.5) is 0 Å². The van der Waals surface area contributed by atoms with Gasteiger partial charge in [0, 0.05) is 5.57 Å². The Morgan fingerprint density at radius 1 is 1.77 bits per heavy atom. The van der Waals surface area contributed by atoms with E-state index in [1.807, 2.05) is 0 Å². The fraction of sp³-hybridized carbons (Fsp3) is 0.500. The highest BCUT2D eigenvalue weighted by Crippen LogP contribution is 1.92. The van der Waals surface area contributed by atoms with Crippen LogP contribution >= 0.6 is 0 Å². The molecule has 0 saturated carbocycles. The number of rotatable bonds is 3. The molecule has 1 aliphatic rings. The molecule has 0 aromatic rings. The first-order chi connectivity index (χ1) is 6.09. The van der Waals surface area contributed by atoms with E-state index < -0.39 is 0 Å². The maximum absolute atomic E-state index is 11.0. The fourth-order valence-electron chi connectivity index (χ4n) is 0.961. The first kappa shape index (κ1) is 9.73. The van der Waals surface area contributed by atoms with Crippen molar-refractivity contribution in [2.75, 3.05) is 19.9 Å². The number of hydrogen-bond acceptors (Lipinski definition) is 3. The summed E-state index contributed by atoms with van der Waals surface area (Å²) >= 11 is 0. The molecule has 5 heteroatoms. The van der Waals surface area contributed by atoms with E-state index in [1.165, 1.54) is 0 Å². The Bertz CT molecular complexity index is 250. The molecular formula is C8H13N3O2. The highest BCUT2D eigenvalue weighted by Gasteiger charge is 2.18. The molecule has 72 valence electrons. The Morgan fingerprint density at radius 2 is 2.46 bits per heavy atom. The molecule has 1 saturated heterocycles. The Kier molecular flexibility index (Phi) is 3.02. The summed E-state index contributed by atoms with van der Waals surface area (Å²) in [5.41, 5.74) is 0.471. The van der Waals surface area contributed by atoms with Crippen LogP contribution in [0.25, 0.3) is 0 Å². The third-order valence-corrected chi connectivity index (χ3v) is 1.72. The molecule has 0 aromatic carbocycles. The Hall–Kier alpha value is -1.36. The van der Waals surface area contributed by atoms with Gasteiger partial charge < -0.3 is 10.6 Å². The average molecular weight is 183 g/mol. The summed E-state index contributed by atoms with van der Waals surface area (Å²) in [5.74, 6) is -0.191. The molecule has 1 aliphatic heterocycles. The van der Waals surface area contributed by atoms with Crippen molar-refractivity contribution in [1.29, 1.82) is 0 Å². The summed E-state index contributed by atoms with van der Waals surface area (Å²) in [6, 6.07) is 0. The van der Waals surface area contributed by atoms with Gasteiger partial charge in [-0.1, -0.05) is 6.58 Å². The molecule has 1 fully saturated rings. The van der Waals surface area contributed by atoms with Gasteiger partial charge in [-0.3, -0.25) is 14.5 Å². The maximum atomic E-state index is 11.0. The molecule has 0 bridgehead atoms. The van der Waals surface area contributed by atoms with E-state index in [2.05, 4.69) is 17.2 Å². The van der Waals surface area contributed by atoms with E-state index in [-0.39, 0.29) is 11.8 Å². The van der Waals surface area contributed by atoms with Crippen molar-refractivity contribution in [3.05, 3.63) is 12.2 Å². The number of amides is 2. The van der Waals surface area contributed by atoms with Crippen molar-refractivity contribution in [2.24, 2.45) is 0 Å². The topological polar surface area (TPSA) is 61.4 Å². The van der Waals surface area contributed by atoms with Gasteiger partial charge in [-0.25, -0.2) is 0 Å². The van der Waals surface area contributed by atoms with E-state index in [0.717, 1.165) is 0 Å². The number of nitrogens with zero attached hydrogens (tertiary/aromatic N) is 1. The lowest BCUT2D eigenvalue weighted by atomic mass is 10.3. The van der Waals surface area contributed by atoms with E-state index in [0.29, 0.717) is 25.5 Å². The minimum absolute atomic E-state index is 0.00965. The van der Waals surface area contributed by atoms with Gasteiger partial charge in [0.25, 0.3) is 0 Å². The lowest BCUT2D eigenvalue weighted by molar-refractivity contribution is -0.120. The summed E-state index contributed by atoms with van der Waals surface area (Å²) in [6.07, 6.45) is 0. The van der Waals surface area contributed by atoms with Gasteiger partial charge in [-0.15, -0.1) is 0 Å². The van der Waals surface area contributed by atoms with Crippen LogP contribution in [0.1, 0.15) is 6.92 Å². The number of carbonyl (C=O) groups is 2. The second kappa shape index (κ2) is 4.04. The Labute approximate surface area is 76.8 Å². The molecular weight excluding hydrogens is 170 g/mol. The zero-order chi connectivity index (χ0) is 9.84. The summed E-state index contributed by atoms with van der Waals surface area (Å²) in [6.45, 7) is 6.36. The van der Waals surface area contributed by atoms with Crippen LogP contribution in [0.3, 0.4) is 0 Å². The monoisotopic (exact) mass is 183 g/mol.